The lowest BCUT2D eigenvalue weighted by Crippen LogP contribution is -1.93. The predicted octanol–water partition coefficient (Wildman–Crippen LogP) is 36.1. The highest BCUT2D eigenvalue weighted by Gasteiger charge is 2.26. The molecule has 0 aliphatic heterocycles. The minimum atomic E-state index is 0.906. The molecule has 3 nitrogen and oxygen atoms in total. The molecule has 3 heterocycles. The summed E-state index contributed by atoms with van der Waals surface area (Å²) < 4.78 is 19.4. The highest BCUT2D eigenvalue weighted by atomic mass is 16.3. The van der Waals surface area contributed by atoms with Crippen molar-refractivity contribution in [1.82, 2.24) is 0 Å². The Hall–Kier alpha value is -17.0. The van der Waals surface area contributed by atoms with Gasteiger partial charge in [-0.25, -0.2) is 0 Å². The summed E-state index contributed by atoms with van der Waals surface area (Å²) >= 11 is 0. The number of para-hydroxylation sites is 3. The van der Waals surface area contributed by atoms with Crippen LogP contribution < -0.4 is 0 Å². The average molecular weight is 1640 g/mol. The lowest BCUT2D eigenvalue weighted by molar-refractivity contribution is 0.669. The second-order valence-corrected chi connectivity index (χ2v) is 33.8. The molecular weight excluding hydrogens is 1560 g/mol. The van der Waals surface area contributed by atoms with E-state index in [1.165, 1.54) is 175 Å². The maximum absolute atomic E-state index is 6.52. The fraction of sp³-hybridized carbons (Fsp3) is 0. The minimum Gasteiger partial charge on any atom is -0.456 e. The van der Waals surface area contributed by atoms with E-state index in [0.29, 0.717) is 0 Å². The van der Waals surface area contributed by atoms with Gasteiger partial charge in [-0.2, -0.15) is 0 Å². The third-order valence-corrected chi connectivity index (χ3v) is 26.5. The minimum absolute atomic E-state index is 0.906. The van der Waals surface area contributed by atoms with Crippen LogP contribution in [0.3, 0.4) is 0 Å². The topological polar surface area (TPSA) is 39.4 Å². The summed E-state index contributed by atoms with van der Waals surface area (Å²) in [6.07, 6.45) is 0. The van der Waals surface area contributed by atoms with Crippen LogP contribution in [0.15, 0.2) is 486 Å². The van der Waals surface area contributed by atoms with E-state index in [0.717, 1.165) is 88.1 Å². The van der Waals surface area contributed by atoms with Crippen LogP contribution in [0.1, 0.15) is 0 Å². The molecule has 0 amide bonds. The normalized spacial score (nSPS) is 11.7. The highest BCUT2D eigenvalue weighted by Crippen LogP contribution is 2.53. The summed E-state index contributed by atoms with van der Waals surface area (Å²) in [6, 6.07) is 170. The first-order chi connectivity index (χ1) is 64.0. The first kappa shape index (κ1) is 74.6. The van der Waals surface area contributed by atoms with Gasteiger partial charge >= 0.3 is 0 Å². The molecule has 0 radical (unpaired) electrons. The smallest absolute Gasteiger partial charge is 0.143 e. The molecule has 0 aliphatic rings. The van der Waals surface area contributed by atoms with Crippen molar-refractivity contribution in [2.45, 2.75) is 0 Å². The number of fused-ring (bicyclic) bond motifs is 18. The van der Waals surface area contributed by atoms with Crippen molar-refractivity contribution >= 4 is 163 Å². The summed E-state index contributed by atoms with van der Waals surface area (Å²) in [5.41, 5.74) is 27.3. The van der Waals surface area contributed by atoms with Crippen LogP contribution in [0.2, 0.25) is 0 Å². The van der Waals surface area contributed by atoms with Gasteiger partial charge in [-0.1, -0.05) is 406 Å². The molecule has 0 atom stereocenters. The Labute approximate surface area is 744 Å². The van der Waals surface area contributed by atoms with E-state index in [4.69, 9.17) is 13.3 Å². The number of benzene rings is 24. The molecule has 0 fully saturated rings. The Balaban J connectivity index is 0.000000105. The van der Waals surface area contributed by atoms with Crippen molar-refractivity contribution in [3.05, 3.63) is 473 Å². The van der Waals surface area contributed by atoms with E-state index < -0.39 is 0 Å². The van der Waals surface area contributed by atoms with Gasteiger partial charge in [0.25, 0.3) is 0 Å². The van der Waals surface area contributed by atoms with Gasteiger partial charge in [0.2, 0.25) is 0 Å². The van der Waals surface area contributed by atoms with Crippen LogP contribution in [-0.2, 0) is 0 Å². The van der Waals surface area contributed by atoms with E-state index in [9.17, 15) is 0 Å². The van der Waals surface area contributed by atoms with Gasteiger partial charge in [0.15, 0.2) is 0 Å². The molecule has 27 rings (SSSR count). The Morgan fingerprint density at radius 1 is 0.109 bits per heavy atom. The van der Waals surface area contributed by atoms with Gasteiger partial charge in [-0.3, -0.25) is 0 Å². The van der Waals surface area contributed by atoms with Crippen LogP contribution in [0.4, 0.5) is 0 Å². The molecule has 0 unspecified atom stereocenters. The van der Waals surface area contributed by atoms with Gasteiger partial charge in [0.05, 0.1) is 0 Å². The SMILES string of the molecule is c1ccc(-c2cc(-c3c4ccccc4c(-c4ccc5ccccc5c4)c4ccccc34)cc3c2oc2ccccc23)cc1.c1ccc(-c2cc3oc4ccccc4c3cc2-c2c3ccccc3c(-c3ccc4ccccc4c3)c3ccccc23)cc1.c1ccc(-c2cccc3c2oc2ccc(-c4c5ccccc5c(-c5ccc6ccccc6c5)c5ccccc45)cc23)cc1. The molecule has 0 aliphatic carbocycles. The Morgan fingerprint density at radius 3 is 0.822 bits per heavy atom. The maximum atomic E-state index is 6.52. The lowest BCUT2D eigenvalue weighted by Gasteiger charge is -2.20. The summed E-state index contributed by atoms with van der Waals surface area (Å²) in [5.74, 6) is 0. The van der Waals surface area contributed by atoms with E-state index in [2.05, 4.69) is 461 Å². The van der Waals surface area contributed by atoms with Gasteiger partial charge in [0, 0.05) is 43.4 Å². The molecule has 600 valence electrons. The van der Waals surface area contributed by atoms with Crippen molar-refractivity contribution in [2.75, 3.05) is 0 Å². The molecule has 27 aromatic rings. The Morgan fingerprint density at radius 2 is 0.395 bits per heavy atom. The lowest BCUT2D eigenvalue weighted by atomic mass is 9.83. The molecule has 3 heteroatoms. The van der Waals surface area contributed by atoms with E-state index in [-0.39, 0.29) is 0 Å². The van der Waals surface area contributed by atoms with Crippen LogP contribution in [0, 0.1) is 0 Å². The van der Waals surface area contributed by atoms with Crippen molar-refractivity contribution in [1.29, 1.82) is 0 Å². The largest absolute Gasteiger partial charge is 0.456 e. The van der Waals surface area contributed by atoms with Crippen LogP contribution >= 0.6 is 0 Å². The fourth-order valence-electron chi connectivity index (χ4n) is 20.7. The number of furan rings is 3. The second-order valence-electron chi connectivity index (χ2n) is 33.8. The number of rotatable bonds is 9. The van der Waals surface area contributed by atoms with Gasteiger partial charge < -0.3 is 13.3 Å². The van der Waals surface area contributed by atoms with Gasteiger partial charge in [0.1, 0.15) is 33.5 Å². The molecule has 0 saturated heterocycles. The fourth-order valence-corrected chi connectivity index (χ4v) is 20.7. The summed E-state index contributed by atoms with van der Waals surface area (Å²) in [7, 11) is 0. The quantitative estimate of drug-likeness (QED) is 0.135. The molecule has 24 aromatic carbocycles. The molecule has 0 N–H and O–H groups in total. The average Bonchev–Trinajstić information content (AvgIpc) is 1.53. The van der Waals surface area contributed by atoms with E-state index in [1.807, 2.05) is 12.1 Å². The van der Waals surface area contributed by atoms with Crippen LogP contribution in [0.25, 0.3) is 263 Å². The number of hydrogen-bond donors (Lipinski definition) is 0. The third-order valence-electron chi connectivity index (χ3n) is 26.5. The molecule has 129 heavy (non-hydrogen) atoms. The van der Waals surface area contributed by atoms with Crippen molar-refractivity contribution in [3.63, 3.8) is 0 Å². The summed E-state index contributed by atoms with van der Waals surface area (Å²) in [4.78, 5) is 0. The zero-order valence-corrected chi connectivity index (χ0v) is 70.3. The highest BCUT2D eigenvalue weighted by molar-refractivity contribution is 6.28. The van der Waals surface area contributed by atoms with Crippen molar-refractivity contribution in [3.8, 4) is 100 Å². The van der Waals surface area contributed by atoms with Gasteiger partial charge in [-0.15, -0.1) is 0 Å². The molecule has 3 aromatic heterocycles. The second kappa shape index (κ2) is 31.1. The number of hydrogen-bond acceptors (Lipinski definition) is 3. The van der Waals surface area contributed by atoms with Gasteiger partial charge in [-0.05, 0) is 253 Å². The monoisotopic (exact) mass is 1640 g/mol. The zero-order valence-electron chi connectivity index (χ0n) is 70.3. The van der Waals surface area contributed by atoms with Crippen molar-refractivity contribution in [2.24, 2.45) is 0 Å². The molecule has 0 spiro atoms. The molecular formula is C126H78O3. The maximum Gasteiger partial charge on any atom is 0.143 e. The third kappa shape index (κ3) is 12.7. The first-order valence-corrected chi connectivity index (χ1v) is 44.3. The molecule has 0 saturated carbocycles. The standard InChI is InChI=1S/3C42H26O/c1-2-13-28(14-3-1)37-25-31(26-38-32-16-10-11-21-39(32)43-42(37)38)41-35-19-8-6-17-33(35)40(34-18-7-9-20-36(34)41)30-23-22-27-12-4-5-15-29(27)24-30;1-2-13-28(14-3-1)36-26-40-37(31-16-10-11-21-39(31)43-40)25-38(36)42-34-19-8-6-17-32(34)41(33-18-7-9-20-35(33)42)30-23-22-27-12-4-5-15-29(27)24-30;1-2-12-28(13-3-1)32-19-10-20-37-38-26-31(23-24-39(38)43-42(32)37)41-35-17-8-6-15-33(35)40(34-16-7-9-18-36(34)41)30-22-21-27-11-4-5-14-29(27)25-30/h3*1-26H. The van der Waals surface area contributed by atoms with Crippen LogP contribution in [-0.4, -0.2) is 0 Å². The first-order valence-electron chi connectivity index (χ1n) is 44.3. The Kier molecular flexibility index (Phi) is 18.0. The predicted molar refractivity (Wildman–Crippen MR) is 548 cm³/mol. The zero-order chi connectivity index (χ0) is 85.0. The van der Waals surface area contributed by atoms with Crippen molar-refractivity contribution < 1.29 is 13.3 Å². The summed E-state index contributed by atoms with van der Waals surface area (Å²) in [6.45, 7) is 0. The Bertz CT molecular complexity index is 9020. The summed E-state index contributed by atoms with van der Waals surface area (Å²) in [5, 5.41) is 29.4. The molecule has 0 bridgehead atoms. The van der Waals surface area contributed by atoms with Crippen LogP contribution in [0.5, 0.6) is 0 Å². The van der Waals surface area contributed by atoms with E-state index in [1.54, 1.807) is 0 Å². The van der Waals surface area contributed by atoms with E-state index >= 15 is 0 Å².